The van der Waals surface area contributed by atoms with Gasteiger partial charge in [0.05, 0.1) is 7.11 Å². The van der Waals surface area contributed by atoms with Crippen molar-refractivity contribution in [3.05, 3.63) is 52.2 Å². The Morgan fingerprint density at radius 3 is 2.61 bits per heavy atom. The zero-order chi connectivity index (χ0) is 16.5. The number of carbonyl (C=O) groups is 1. The van der Waals surface area contributed by atoms with Gasteiger partial charge in [-0.3, -0.25) is 0 Å². The van der Waals surface area contributed by atoms with Crippen molar-refractivity contribution in [2.45, 2.75) is 26.3 Å². The van der Waals surface area contributed by atoms with Crippen LogP contribution in [-0.2, 0) is 13.0 Å². The summed E-state index contributed by atoms with van der Waals surface area (Å²) in [6.07, 6.45) is 1.77. The number of nitrogens with zero attached hydrogens (tertiary/aromatic N) is 1. The predicted octanol–water partition coefficient (Wildman–Crippen LogP) is 3.92. The molecule has 1 aromatic carbocycles. The fourth-order valence-corrected chi connectivity index (χ4v) is 3.00. The number of hydrogen-bond donors (Lipinski definition) is 1. The van der Waals surface area contributed by atoms with Gasteiger partial charge >= 0.3 is 6.03 Å². The molecule has 2 amide bonds. The number of ether oxygens (including phenoxy) is 1. The number of urea groups is 1. The summed E-state index contributed by atoms with van der Waals surface area (Å²) < 4.78 is 5.14. The van der Waals surface area contributed by atoms with Gasteiger partial charge in [-0.05, 0) is 52.9 Å². The Kier molecular flexibility index (Phi) is 6.94. The first kappa shape index (κ1) is 17.3. The van der Waals surface area contributed by atoms with Crippen molar-refractivity contribution in [1.29, 1.82) is 0 Å². The average molecular weight is 332 g/mol. The average Bonchev–Trinajstić information content (AvgIpc) is 3.08. The van der Waals surface area contributed by atoms with E-state index < -0.39 is 0 Å². The maximum Gasteiger partial charge on any atom is 0.317 e. The summed E-state index contributed by atoms with van der Waals surface area (Å²) in [7, 11) is 1.66. The molecule has 0 spiro atoms. The van der Waals surface area contributed by atoms with Crippen LogP contribution in [0.5, 0.6) is 5.75 Å². The topological polar surface area (TPSA) is 41.6 Å². The predicted molar refractivity (Wildman–Crippen MR) is 95.1 cm³/mol. The summed E-state index contributed by atoms with van der Waals surface area (Å²) in [6.45, 7) is 4.16. The van der Waals surface area contributed by atoms with E-state index in [1.807, 2.05) is 34.5 Å². The van der Waals surface area contributed by atoms with Gasteiger partial charge < -0.3 is 15.0 Å². The fraction of sp³-hybridized carbons (Fsp3) is 0.389. The van der Waals surface area contributed by atoms with Gasteiger partial charge in [-0.2, -0.15) is 11.3 Å². The molecule has 0 radical (unpaired) electrons. The molecule has 0 bridgehead atoms. The van der Waals surface area contributed by atoms with Gasteiger partial charge in [-0.25, -0.2) is 4.79 Å². The van der Waals surface area contributed by atoms with Crippen LogP contribution >= 0.6 is 11.3 Å². The minimum atomic E-state index is 0.00608. The lowest BCUT2D eigenvalue weighted by molar-refractivity contribution is 0.195. The van der Waals surface area contributed by atoms with Crippen LogP contribution in [0, 0.1) is 0 Å². The number of thiophene rings is 1. The molecule has 1 heterocycles. The van der Waals surface area contributed by atoms with Crippen molar-refractivity contribution in [3.63, 3.8) is 0 Å². The molecule has 1 aromatic heterocycles. The van der Waals surface area contributed by atoms with Crippen LogP contribution in [0.25, 0.3) is 0 Å². The van der Waals surface area contributed by atoms with E-state index in [0.717, 1.165) is 25.1 Å². The number of nitrogens with one attached hydrogen (secondary N) is 1. The van der Waals surface area contributed by atoms with Crippen molar-refractivity contribution >= 4 is 17.4 Å². The molecule has 0 aliphatic rings. The second kappa shape index (κ2) is 9.20. The Hall–Kier alpha value is -2.01. The van der Waals surface area contributed by atoms with Crippen molar-refractivity contribution in [2.75, 3.05) is 20.2 Å². The van der Waals surface area contributed by atoms with Gasteiger partial charge in [0.2, 0.25) is 0 Å². The lowest BCUT2D eigenvalue weighted by Crippen LogP contribution is -2.40. The molecule has 0 saturated heterocycles. The van der Waals surface area contributed by atoms with Gasteiger partial charge in [-0.15, -0.1) is 0 Å². The summed E-state index contributed by atoms with van der Waals surface area (Å²) in [6, 6.07) is 10.0. The molecule has 5 heteroatoms. The molecule has 0 saturated carbocycles. The first-order valence-electron chi connectivity index (χ1n) is 7.89. The van der Waals surface area contributed by atoms with Crippen LogP contribution in [0.3, 0.4) is 0 Å². The molecule has 1 N–H and O–H groups in total. The fourth-order valence-electron chi connectivity index (χ4n) is 2.34. The molecule has 0 unspecified atom stereocenters. The zero-order valence-corrected chi connectivity index (χ0v) is 14.6. The van der Waals surface area contributed by atoms with Crippen molar-refractivity contribution in [1.82, 2.24) is 10.2 Å². The van der Waals surface area contributed by atoms with Crippen molar-refractivity contribution < 1.29 is 9.53 Å². The Morgan fingerprint density at radius 1 is 1.22 bits per heavy atom. The van der Waals surface area contributed by atoms with E-state index in [2.05, 4.69) is 23.7 Å². The third-order valence-corrected chi connectivity index (χ3v) is 4.32. The first-order valence-corrected chi connectivity index (χ1v) is 8.84. The van der Waals surface area contributed by atoms with Crippen molar-refractivity contribution in [3.8, 4) is 5.75 Å². The second-order valence-electron chi connectivity index (χ2n) is 5.38. The quantitative estimate of drug-likeness (QED) is 0.796. The lowest BCUT2D eigenvalue weighted by atomic mass is 10.1. The number of carbonyl (C=O) groups excluding carboxylic acids is 1. The highest BCUT2D eigenvalue weighted by Crippen LogP contribution is 2.12. The molecular weight excluding hydrogens is 308 g/mol. The zero-order valence-electron chi connectivity index (χ0n) is 13.7. The van der Waals surface area contributed by atoms with Crippen molar-refractivity contribution in [2.24, 2.45) is 0 Å². The van der Waals surface area contributed by atoms with Gasteiger partial charge in [0.1, 0.15) is 5.75 Å². The summed E-state index contributed by atoms with van der Waals surface area (Å²) in [5, 5.41) is 7.15. The van der Waals surface area contributed by atoms with E-state index in [1.54, 1.807) is 18.4 Å². The lowest BCUT2D eigenvalue weighted by Gasteiger charge is -2.22. The van der Waals surface area contributed by atoms with Gasteiger partial charge in [0, 0.05) is 19.6 Å². The van der Waals surface area contributed by atoms with Crippen LogP contribution in [0.1, 0.15) is 24.5 Å². The molecule has 2 aromatic rings. The molecule has 23 heavy (non-hydrogen) atoms. The Morgan fingerprint density at radius 2 is 2.00 bits per heavy atom. The smallest absolute Gasteiger partial charge is 0.317 e. The van der Waals surface area contributed by atoms with Gasteiger partial charge in [0.25, 0.3) is 0 Å². The highest BCUT2D eigenvalue weighted by atomic mass is 32.1. The molecule has 4 nitrogen and oxygen atoms in total. The highest BCUT2D eigenvalue weighted by molar-refractivity contribution is 7.07. The summed E-state index contributed by atoms with van der Waals surface area (Å²) >= 11 is 1.66. The largest absolute Gasteiger partial charge is 0.497 e. The van der Waals surface area contributed by atoms with Crippen LogP contribution in [0.4, 0.5) is 4.79 Å². The monoisotopic (exact) mass is 332 g/mol. The normalized spacial score (nSPS) is 10.3. The third kappa shape index (κ3) is 5.60. The van der Waals surface area contributed by atoms with Crippen LogP contribution in [0.15, 0.2) is 41.1 Å². The van der Waals surface area contributed by atoms with Gasteiger partial charge in [0.15, 0.2) is 0 Å². The van der Waals surface area contributed by atoms with Crippen LogP contribution in [-0.4, -0.2) is 31.1 Å². The Labute approximate surface area is 142 Å². The summed E-state index contributed by atoms with van der Waals surface area (Å²) in [5.41, 5.74) is 2.37. The van der Waals surface area contributed by atoms with Crippen LogP contribution in [0.2, 0.25) is 0 Å². The minimum Gasteiger partial charge on any atom is -0.497 e. The standard InChI is InChI=1S/C18H24N2O2S/c1-3-11-20(13-16-9-12-23-14-16)18(21)19-10-8-15-4-6-17(22-2)7-5-15/h4-7,9,12,14H,3,8,10-11,13H2,1-2H3,(H,19,21). The SMILES string of the molecule is CCCN(Cc1ccsc1)C(=O)NCCc1ccc(OC)cc1. The minimum absolute atomic E-state index is 0.00608. The Bertz CT molecular complexity index is 582. The molecule has 0 atom stereocenters. The Balaban J connectivity index is 1.80. The highest BCUT2D eigenvalue weighted by Gasteiger charge is 2.12. The first-order chi connectivity index (χ1) is 11.2. The second-order valence-corrected chi connectivity index (χ2v) is 6.16. The molecule has 0 aliphatic carbocycles. The van der Waals surface area contributed by atoms with Gasteiger partial charge in [-0.1, -0.05) is 19.1 Å². The third-order valence-electron chi connectivity index (χ3n) is 3.58. The summed E-state index contributed by atoms with van der Waals surface area (Å²) in [5.74, 6) is 0.850. The van der Waals surface area contributed by atoms with E-state index in [-0.39, 0.29) is 6.03 Å². The number of rotatable bonds is 8. The summed E-state index contributed by atoms with van der Waals surface area (Å²) in [4.78, 5) is 14.2. The molecule has 0 fully saturated rings. The molecule has 2 rings (SSSR count). The van der Waals surface area contributed by atoms with E-state index in [1.165, 1.54) is 11.1 Å². The van der Waals surface area contributed by atoms with E-state index in [9.17, 15) is 4.79 Å². The van der Waals surface area contributed by atoms with E-state index in [0.29, 0.717) is 13.1 Å². The maximum atomic E-state index is 12.3. The van der Waals surface area contributed by atoms with Crippen LogP contribution < -0.4 is 10.1 Å². The molecule has 124 valence electrons. The number of hydrogen-bond acceptors (Lipinski definition) is 3. The number of benzene rings is 1. The molecule has 0 aliphatic heterocycles. The maximum absolute atomic E-state index is 12.3. The number of amides is 2. The van der Waals surface area contributed by atoms with E-state index >= 15 is 0 Å². The molecular formula is C18H24N2O2S. The van der Waals surface area contributed by atoms with E-state index in [4.69, 9.17) is 4.74 Å². The number of methoxy groups -OCH3 is 1.